The average molecular weight is 745 g/mol. The molecule has 274 valence electrons. The summed E-state index contributed by atoms with van der Waals surface area (Å²) in [5, 5.41) is 10.5. The van der Waals surface area contributed by atoms with Crippen LogP contribution in [0, 0.1) is 17.8 Å². The van der Waals surface area contributed by atoms with Gasteiger partial charge >= 0.3 is 5.97 Å². The zero-order valence-corrected chi connectivity index (χ0v) is 31.3. The molecule has 0 unspecified atom stereocenters. The second kappa shape index (κ2) is 14.8. The normalized spacial score (nSPS) is 19.3. The van der Waals surface area contributed by atoms with Gasteiger partial charge in [-0.3, -0.25) is 4.79 Å². The van der Waals surface area contributed by atoms with E-state index >= 15 is 0 Å². The van der Waals surface area contributed by atoms with Gasteiger partial charge in [0.15, 0.2) is 11.5 Å². The number of hydrogen-bond donors (Lipinski definition) is 1. The van der Waals surface area contributed by atoms with E-state index < -0.39 is 5.54 Å². The molecule has 2 atom stereocenters. The maximum absolute atomic E-state index is 13.5. The van der Waals surface area contributed by atoms with Crippen LogP contribution in [0.2, 0.25) is 5.02 Å². The van der Waals surface area contributed by atoms with Gasteiger partial charge in [-0.25, -0.2) is 19.6 Å². The van der Waals surface area contributed by atoms with Crippen molar-refractivity contribution in [2.24, 2.45) is 17.8 Å². The smallest absolute Gasteiger partial charge is 0.311 e. The van der Waals surface area contributed by atoms with Gasteiger partial charge in [0.25, 0.3) is 0 Å². The third-order valence-electron chi connectivity index (χ3n) is 11.5. The van der Waals surface area contributed by atoms with Gasteiger partial charge in [-0.1, -0.05) is 133 Å². The average Bonchev–Trinajstić information content (AvgIpc) is 3.62. The number of hydrogen-bond acceptors (Lipinski definition) is 7. The summed E-state index contributed by atoms with van der Waals surface area (Å²) in [7, 11) is 0. The Kier molecular flexibility index (Phi) is 9.36. The van der Waals surface area contributed by atoms with Crippen molar-refractivity contribution < 1.29 is 9.53 Å². The Labute approximate surface area is 325 Å². The van der Waals surface area contributed by atoms with E-state index in [0.717, 1.165) is 59.0 Å². The molecule has 8 nitrogen and oxygen atoms in total. The highest BCUT2D eigenvalue weighted by atomic mass is 35.5. The van der Waals surface area contributed by atoms with Gasteiger partial charge in [0.2, 0.25) is 0 Å². The highest BCUT2D eigenvalue weighted by molar-refractivity contribution is 6.31. The van der Waals surface area contributed by atoms with Crippen LogP contribution in [-0.4, -0.2) is 43.4 Å². The van der Waals surface area contributed by atoms with Crippen LogP contribution in [0.4, 0.5) is 5.82 Å². The molecule has 10 rings (SSSR count). The molecular formula is C46H41ClN6O2. The number of anilines is 1. The van der Waals surface area contributed by atoms with Crippen LogP contribution >= 0.6 is 11.6 Å². The molecule has 3 aliphatic rings. The van der Waals surface area contributed by atoms with E-state index in [1.807, 2.05) is 72.3 Å². The maximum Gasteiger partial charge on any atom is 0.311 e. The molecule has 3 heterocycles. The second-order valence-electron chi connectivity index (χ2n) is 14.5. The van der Waals surface area contributed by atoms with Crippen LogP contribution in [0.5, 0.6) is 0 Å². The van der Waals surface area contributed by atoms with Crippen molar-refractivity contribution in [3.05, 3.63) is 161 Å². The van der Waals surface area contributed by atoms with Gasteiger partial charge in [0.05, 0.1) is 28.6 Å². The summed E-state index contributed by atoms with van der Waals surface area (Å²) in [6.45, 7) is 2.23. The van der Waals surface area contributed by atoms with E-state index in [4.69, 9.17) is 36.4 Å². The number of nitrogens with zero attached hydrogens (tertiary/aromatic N) is 5. The molecule has 0 aliphatic heterocycles. The van der Waals surface area contributed by atoms with Crippen molar-refractivity contribution in [2.45, 2.75) is 44.2 Å². The highest BCUT2D eigenvalue weighted by Crippen LogP contribution is 2.47. The Morgan fingerprint density at radius 2 is 1.35 bits per heavy atom. The minimum atomic E-state index is -0.937. The second-order valence-corrected chi connectivity index (χ2v) is 15.0. The van der Waals surface area contributed by atoms with Gasteiger partial charge in [-0.2, -0.15) is 5.10 Å². The Hall–Kier alpha value is -5.86. The number of halogens is 1. The number of nitrogens with one attached hydrogen (secondary N) is 1. The number of esters is 1. The summed E-state index contributed by atoms with van der Waals surface area (Å²) in [5.41, 5.74) is 4.95. The van der Waals surface area contributed by atoms with Crippen molar-refractivity contribution >= 4 is 34.4 Å². The van der Waals surface area contributed by atoms with Gasteiger partial charge in [0.1, 0.15) is 17.1 Å². The van der Waals surface area contributed by atoms with Crippen LogP contribution < -0.4 is 5.32 Å². The van der Waals surface area contributed by atoms with Crippen LogP contribution in [0.15, 0.2) is 140 Å². The topological polar surface area (TPSA) is 94.8 Å². The van der Waals surface area contributed by atoms with Crippen LogP contribution in [-0.2, 0) is 15.1 Å². The Balaban J connectivity index is 1.28. The lowest BCUT2D eigenvalue weighted by Gasteiger charge is -2.47. The zero-order chi connectivity index (χ0) is 37.4. The summed E-state index contributed by atoms with van der Waals surface area (Å²) in [5.74, 6) is 1.31. The zero-order valence-electron chi connectivity index (χ0n) is 30.6. The fourth-order valence-corrected chi connectivity index (χ4v) is 9.23. The fraction of sp³-hybridized carbons (Fsp3) is 0.239. The van der Waals surface area contributed by atoms with Crippen molar-refractivity contribution in [2.75, 3.05) is 11.9 Å². The lowest BCUT2D eigenvalue weighted by Crippen LogP contribution is -2.52. The number of aromatic nitrogens is 5. The quantitative estimate of drug-likeness (QED) is 0.110. The Morgan fingerprint density at radius 3 is 1.93 bits per heavy atom. The predicted octanol–water partition coefficient (Wildman–Crippen LogP) is 9.83. The first kappa shape index (κ1) is 34.9. The summed E-state index contributed by atoms with van der Waals surface area (Å²) >= 11 is 6.75. The maximum atomic E-state index is 13.5. The minimum absolute atomic E-state index is 0.106. The standard InChI is InChI=1S/C46H41ClN6O2/c1-2-55-45(54)40-31-23-25-32(26-24-31)41(40)50-39-28-38(30-15-7-3-8-16-30)49-43(51-39)42-37-27-36(47)29-48-44(37)53(52-42)46(33-17-9-4-10-18-33,34-19-11-5-12-20-34)35-21-13-6-14-22-35/h3-22,27-29,31-32,40-41H,2,23-26H2,1H3,(H,49,50,51)/t31?,32?,40-,41-/m0/s1. The molecule has 55 heavy (non-hydrogen) atoms. The van der Waals surface area contributed by atoms with Crippen molar-refractivity contribution in [3.8, 4) is 22.8 Å². The molecule has 4 aromatic carbocycles. The van der Waals surface area contributed by atoms with Crippen LogP contribution in [0.25, 0.3) is 33.8 Å². The first-order valence-electron chi connectivity index (χ1n) is 19.1. The van der Waals surface area contributed by atoms with Crippen molar-refractivity contribution in [3.63, 3.8) is 0 Å². The van der Waals surface area contributed by atoms with E-state index in [-0.39, 0.29) is 23.8 Å². The molecule has 3 fully saturated rings. The minimum Gasteiger partial charge on any atom is -0.466 e. The number of fused-ring (bicyclic) bond motifs is 4. The van der Waals surface area contributed by atoms with Crippen molar-refractivity contribution in [1.82, 2.24) is 24.7 Å². The first-order valence-corrected chi connectivity index (χ1v) is 19.5. The highest BCUT2D eigenvalue weighted by Gasteiger charge is 2.48. The molecular weight excluding hydrogens is 704 g/mol. The Bertz CT molecular complexity index is 2340. The van der Waals surface area contributed by atoms with E-state index in [2.05, 4.69) is 78.1 Å². The summed E-state index contributed by atoms with van der Waals surface area (Å²) in [4.78, 5) is 28.9. The SMILES string of the molecule is CCOC(=O)[C@H]1C2CCC(CC2)[C@@H]1Nc1cc(-c2ccccc2)nc(-c2nn(C(c3ccccc3)(c3ccccc3)c3ccccc3)c3ncc(Cl)cc23)n1. The Morgan fingerprint density at radius 1 is 0.782 bits per heavy atom. The summed E-state index contributed by atoms with van der Waals surface area (Å²) in [6.07, 6.45) is 5.89. The third kappa shape index (κ3) is 6.24. The number of benzene rings is 4. The van der Waals surface area contributed by atoms with Crippen LogP contribution in [0.3, 0.4) is 0 Å². The largest absolute Gasteiger partial charge is 0.466 e. The van der Waals surface area contributed by atoms with E-state index in [1.54, 1.807) is 6.20 Å². The molecule has 0 saturated heterocycles. The predicted molar refractivity (Wildman–Crippen MR) is 217 cm³/mol. The van der Waals surface area contributed by atoms with Gasteiger partial charge in [-0.15, -0.1) is 0 Å². The summed E-state index contributed by atoms with van der Waals surface area (Å²) in [6, 6.07) is 45.1. The number of carbonyl (C=O) groups excluding carboxylic acids is 1. The van der Waals surface area contributed by atoms with Gasteiger partial charge < -0.3 is 10.1 Å². The lowest BCUT2D eigenvalue weighted by atomic mass is 9.61. The molecule has 0 amide bonds. The lowest BCUT2D eigenvalue weighted by molar-refractivity contribution is -0.154. The molecule has 9 heteroatoms. The van der Waals surface area contributed by atoms with Gasteiger partial charge in [0, 0.05) is 23.9 Å². The van der Waals surface area contributed by atoms with Gasteiger partial charge in [-0.05, 0) is 67.2 Å². The number of pyridine rings is 1. The molecule has 2 bridgehead atoms. The molecule has 0 spiro atoms. The van der Waals surface area contributed by atoms with E-state index in [0.29, 0.717) is 40.5 Å². The molecule has 3 saturated carbocycles. The molecule has 3 aliphatic carbocycles. The monoisotopic (exact) mass is 744 g/mol. The molecule has 0 radical (unpaired) electrons. The molecule has 3 aromatic heterocycles. The van der Waals surface area contributed by atoms with E-state index in [1.165, 1.54) is 0 Å². The number of carbonyl (C=O) groups is 1. The number of rotatable bonds is 10. The fourth-order valence-electron chi connectivity index (χ4n) is 9.07. The third-order valence-corrected chi connectivity index (χ3v) is 11.7. The van der Waals surface area contributed by atoms with E-state index in [9.17, 15) is 4.79 Å². The van der Waals surface area contributed by atoms with Crippen LogP contribution in [0.1, 0.15) is 49.3 Å². The summed E-state index contributed by atoms with van der Waals surface area (Å²) < 4.78 is 7.66. The molecule has 7 aromatic rings. The first-order chi connectivity index (χ1) is 27.0. The molecule has 1 N–H and O–H groups in total. The van der Waals surface area contributed by atoms with Crippen molar-refractivity contribution in [1.29, 1.82) is 0 Å². The number of ether oxygens (including phenoxy) is 1.